The molecule has 2 aromatic heterocycles. The van der Waals surface area contributed by atoms with E-state index in [4.69, 9.17) is 9.47 Å². The summed E-state index contributed by atoms with van der Waals surface area (Å²) in [7, 11) is 0. The van der Waals surface area contributed by atoms with E-state index in [-0.39, 0.29) is 11.7 Å². The maximum absolute atomic E-state index is 6.20. The van der Waals surface area contributed by atoms with Crippen molar-refractivity contribution in [1.82, 2.24) is 9.88 Å². The molecule has 2 aliphatic heterocycles. The summed E-state index contributed by atoms with van der Waals surface area (Å²) in [4.78, 5) is 8.15. The van der Waals surface area contributed by atoms with Crippen LogP contribution in [0.3, 0.4) is 0 Å². The minimum atomic E-state index is 0.00473. The predicted molar refractivity (Wildman–Crippen MR) is 95.1 cm³/mol. The van der Waals surface area contributed by atoms with E-state index < -0.39 is 0 Å². The van der Waals surface area contributed by atoms with Crippen LogP contribution in [0.4, 0.5) is 0 Å². The van der Waals surface area contributed by atoms with Gasteiger partial charge in [0.15, 0.2) is 0 Å². The zero-order valence-corrected chi connectivity index (χ0v) is 14.9. The number of ether oxygens (including phenoxy) is 2. The Bertz CT molecular complexity index is 675. The molecule has 128 valence electrons. The van der Waals surface area contributed by atoms with Crippen molar-refractivity contribution >= 4 is 11.3 Å². The van der Waals surface area contributed by atoms with Crippen LogP contribution in [-0.2, 0) is 22.6 Å². The van der Waals surface area contributed by atoms with Crippen LogP contribution in [-0.4, -0.2) is 41.3 Å². The molecule has 0 amide bonds. The van der Waals surface area contributed by atoms with Crippen LogP contribution >= 0.6 is 11.3 Å². The molecule has 2 atom stereocenters. The molecule has 5 heteroatoms. The maximum Gasteiger partial charge on any atom is 0.0847 e. The van der Waals surface area contributed by atoms with E-state index in [9.17, 15) is 0 Å². The molecule has 2 aliphatic rings. The van der Waals surface area contributed by atoms with Gasteiger partial charge in [-0.1, -0.05) is 6.07 Å². The topological polar surface area (TPSA) is 34.6 Å². The summed E-state index contributed by atoms with van der Waals surface area (Å²) in [5.41, 5.74) is 2.54. The normalized spacial score (nSPS) is 27.3. The number of likely N-dealkylation sites (tertiary alicyclic amines) is 1. The van der Waals surface area contributed by atoms with Crippen molar-refractivity contribution in [1.29, 1.82) is 0 Å². The molecular weight excluding hydrogens is 320 g/mol. The van der Waals surface area contributed by atoms with E-state index in [1.165, 1.54) is 10.4 Å². The van der Waals surface area contributed by atoms with Gasteiger partial charge in [-0.3, -0.25) is 9.88 Å². The molecule has 2 fully saturated rings. The number of hydrogen-bond donors (Lipinski definition) is 0. The van der Waals surface area contributed by atoms with Gasteiger partial charge in [0.25, 0.3) is 0 Å². The van der Waals surface area contributed by atoms with Crippen molar-refractivity contribution in [3.05, 3.63) is 52.0 Å². The number of rotatable bonds is 5. The molecule has 2 aromatic rings. The largest absolute Gasteiger partial charge is 0.371 e. The van der Waals surface area contributed by atoms with Crippen LogP contribution in [0.1, 0.15) is 28.8 Å². The van der Waals surface area contributed by atoms with Crippen molar-refractivity contribution < 1.29 is 9.47 Å². The van der Waals surface area contributed by atoms with Gasteiger partial charge in [0.1, 0.15) is 0 Å². The first-order chi connectivity index (χ1) is 11.7. The van der Waals surface area contributed by atoms with E-state index in [0.29, 0.717) is 13.2 Å². The van der Waals surface area contributed by atoms with Crippen LogP contribution in [0.2, 0.25) is 0 Å². The van der Waals surface area contributed by atoms with Gasteiger partial charge in [-0.05, 0) is 42.0 Å². The number of aryl methyl sites for hydroxylation is 1. The van der Waals surface area contributed by atoms with Gasteiger partial charge < -0.3 is 9.47 Å². The number of thiophene rings is 1. The van der Waals surface area contributed by atoms with Crippen LogP contribution < -0.4 is 0 Å². The van der Waals surface area contributed by atoms with Crippen molar-refractivity contribution in [3.8, 4) is 0 Å². The Balaban J connectivity index is 1.29. The molecule has 0 aliphatic carbocycles. The Hall–Kier alpha value is -1.27. The lowest BCUT2D eigenvalue weighted by atomic mass is 9.98. The second-order valence-electron chi connectivity index (χ2n) is 6.98. The van der Waals surface area contributed by atoms with E-state index in [0.717, 1.165) is 38.0 Å². The molecule has 1 spiro atoms. The Morgan fingerprint density at radius 2 is 2.42 bits per heavy atom. The van der Waals surface area contributed by atoms with Crippen molar-refractivity contribution in [2.75, 3.05) is 19.7 Å². The molecule has 4 heterocycles. The Labute approximate surface area is 147 Å². The fourth-order valence-corrected chi connectivity index (χ4v) is 4.67. The molecule has 4 nitrogen and oxygen atoms in total. The average molecular weight is 344 g/mol. The van der Waals surface area contributed by atoms with Crippen molar-refractivity contribution in [2.45, 2.75) is 44.6 Å². The van der Waals surface area contributed by atoms with Crippen LogP contribution in [0.5, 0.6) is 0 Å². The third-order valence-corrected chi connectivity index (χ3v) is 6.12. The Morgan fingerprint density at radius 3 is 3.21 bits per heavy atom. The van der Waals surface area contributed by atoms with E-state index in [1.807, 2.05) is 23.6 Å². The average Bonchev–Trinajstić information content (AvgIpc) is 3.30. The summed E-state index contributed by atoms with van der Waals surface area (Å²) in [6, 6.07) is 6.21. The highest BCUT2D eigenvalue weighted by Gasteiger charge is 2.45. The highest BCUT2D eigenvalue weighted by atomic mass is 32.1. The summed E-state index contributed by atoms with van der Waals surface area (Å²) in [6.45, 7) is 6.73. The summed E-state index contributed by atoms with van der Waals surface area (Å²) in [5.74, 6) is 0. The molecule has 2 saturated heterocycles. The van der Waals surface area contributed by atoms with E-state index in [2.05, 4.69) is 34.3 Å². The number of nitrogens with zero attached hydrogens (tertiary/aromatic N) is 2. The lowest BCUT2D eigenvalue weighted by Gasteiger charge is -2.23. The Morgan fingerprint density at radius 1 is 1.46 bits per heavy atom. The number of aromatic nitrogens is 1. The zero-order valence-electron chi connectivity index (χ0n) is 14.1. The Kier molecular flexibility index (Phi) is 4.68. The molecule has 0 unspecified atom stereocenters. The minimum absolute atomic E-state index is 0.00473. The minimum Gasteiger partial charge on any atom is -0.371 e. The lowest BCUT2D eigenvalue weighted by molar-refractivity contribution is -0.000418. The second kappa shape index (κ2) is 6.92. The van der Waals surface area contributed by atoms with Gasteiger partial charge in [0.2, 0.25) is 0 Å². The number of hydrogen-bond acceptors (Lipinski definition) is 5. The van der Waals surface area contributed by atoms with E-state index >= 15 is 0 Å². The molecule has 4 rings (SSSR count). The van der Waals surface area contributed by atoms with Gasteiger partial charge in [-0.25, -0.2) is 0 Å². The SMILES string of the molecule is Cc1ccsc1CN1CC[C@@]2(C[C@H](OCc3cccnc3)CO2)C1. The molecule has 24 heavy (non-hydrogen) atoms. The van der Waals surface area contributed by atoms with Crippen LogP contribution in [0.25, 0.3) is 0 Å². The first-order valence-electron chi connectivity index (χ1n) is 8.62. The van der Waals surface area contributed by atoms with Gasteiger partial charge in [-0.15, -0.1) is 11.3 Å². The molecule has 0 N–H and O–H groups in total. The maximum atomic E-state index is 6.20. The fourth-order valence-electron chi connectivity index (χ4n) is 3.72. The molecule has 0 saturated carbocycles. The quantitative estimate of drug-likeness (QED) is 0.833. The van der Waals surface area contributed by atoms with Gasteiger partial charge in [0.05, 0.1) is 24.9 Å². The molecule has 0 aromatic carbocycles. The van der Waals surface area contributed by atoms with E-state index in [1.54, 1.807) is 6.20 Å². The van der Waals surface area contributed by atoms with Gasteiger partial charge >= 0.3 is 0 Å². The molecular formula is C19H24N2O2S. The predicted octanol–water partition coefficient (Wildman–Crippen LogP) is 3.40. The summed E-state index contributed by atoms with van der Waals surface area (Å²) in [5, 5.41) is 2.19. The first kappa shape index (κ1) is 16.2. The van der Waals surface area contributed by atoms with Gasteiger partial charge in [0, 0.05) is 43.3 Å². The monoisotopic (exact) mass is 344 g/mol. The van der Waals surface area contributed by atoms with Crippen LogP contribution in [0.15, 0.2) is 36.0 Å². The van der Waals surface area contributed by atoms with Crippen LogP contribution in [0, 0.1) is 6.92 Å². The third kappa shape index (κ3) is 3.54. The van der Waals surface area contributed by atoms with Gasteiger partial charge in [-0.2, -0.15) is 0 Å². The smallest absolute Gasteiger partial charge is 0.0847 e. The number of pyridine rings is 1. The zero-order chi connectivity index (χ0) is 16.4. The summed E-state index contributed by atoms with van der Waals surface area (Å²) < 4.78 is 12.3. The van der Waals surface area contributed by atoms with Crippen molar-refractivity contribution in [3.63, 3.8) is 0 Å². The third-order valence-electron chi connectivity index (χ3n) is 5.11. The highest BCUT2D eigenvalue weighted by molar-refractivity contribution is 7.10. The summed E-state index contributed by atoms with van der Waals surface area (Å²) >= 11 is 1.86. The molecule has 0 bridgehead atoms. The molecule has 0 radical (unpaired) electrons. The fraction of sp³-hybridized carbons (Fsp3) is 0.526. The lowest BCUT2D eigenvalue weighted by Crippen LogP contribution is -2.32. The summed E-state index contributed by atoms with van der Waals surface area (Å²) in [6.07, 6.45) is 5.98. The highest BCUT2D eigenvalue weighted by Crippen LogP contribution is 2.37. The standard InChI is InChI=1S/C19H24N2O2S/c1-15-4-8-24-18(15)11-21-7-5-19(14-21)9-17(13-23-19)22-12-16-3-2-6-20-10-16/h2-4,6,8,10,17H,5,7,9,11-14H2,1H3/t17-,19+/m0/s1. The van der Waals surface area contributed by atoms with Crippen molar-refractivity contribution in [2.24, 2.45) is 0 Å². The first-order valence-corrected chi connectivity index (χ1v) is 9.50. The second-order valence-corrected chi connectivity index (χ2v) is 7.98.